The monoisotopic (exact) mass is 458 g/mol. The maximum absolute atomic E-state index is 11.9. The van der Waals surface area contributed by atoms with Gasteiger partial charge in [0.1, 0.15) is 5.75 Å². The molecule has 0 aliphatic carbocycles. The Bertz CT molecular complexity index is 717. The molecule has 2 aromatic rings. The molecule has 0 bridgehead atoms. The molecule has 0 saturated carbocycles. The molecule has 0 unspecified atom stereocenters. The Morgan fingerprint density at radius 3 is 2.86 bits per heavy atom. The second kappa shape index (κ2) is 7.04. The molecule has 0 heterocycles. The number of nitrogens with zero attached hydrogens (tertiary/aromatic N) is 1. The number of aromatic hydroxyl groups is 1. The molecule has 0 aliphatic heterocycles. The molecule has 108 valence electrons. The molecule has 6 heteroatoms. The van der Waals surface area contributed by atoms with E-state index in [1.807, 2.05) is 12.1 Å². The van der Waals surface area contributed by atoms with Gasteiger partial charge >= 0.3 is 0 Å². The van der Waals surface area contributed by atoms with E-state index >= 15 is 0 Å². The molecule has 0 saturated heterocycles. The van der Waals surface area contributed by atoms with Crippen LogP contribution in [-0.4, -0.2) is 17.2 Å². The zero-order valence-corrected chi connectivity index (χ0v) is 14.8. The minimum absolute atomic E-state index is 0.144. The Balaban J connectivity index is 2.11. The van der Waals surface area contributed by atoms with E-state index in [0.717, 1.165) is 13.6 Å². The van der Waals surface area contributed by atoms with Crippen molar-refractivity contribution < 1.29 is 9.90 Å². The van der Waals surface area contributed by atoms with Gasteiger partial charge in [-0.2, -0.15) is 5.10 Å². The van der Waals surface area contributed by atoms with Gasteiger partial charge in [0, 0.05) is 19.2 Å². The van der Waals surface area contributed by atoms with Crippen molar-refractivity contribution in [2.75, 3.05) is 0 Å². The number of phenolic OH excluding ortho intramolecular Hbond substituents is 1. The smallest absolute Gasteiger partial charge is 0.271 e. The Labute approximate surface area is 144 Å². The first-order valence-electron chi connectivity index (χ1n) is 6.05. The molecule has 0 spiro atoms. The van der Waals surface area contributed by atoms with Gasteiger partial charge in [-0.05, 0) is 65.4 Å². The number of aryl methyl sites for hydroxylation is 1. The number of nitrogens with one attached hydrogen (secondary N) is 1. The summed E-state index contributed by atoms with van der Waals surface area (Å²) in [6.07, 6.45) is 1.42. The van der Waals surface area contributed by atoms with Gasteiger partial charge in [0.05, 0.1) is 6.21 Å². The Morgan fingerprint density at radius 2 is 2.14 bits per heavy atom. The summed E-state index contributed by atoms with van der Waals surface area (Å²) < 4.78 is 1.81. The number of hydrogen-bond donors (Lipinski definition) is 2. The summed E-state index contributed by atoms with van der Waals surface area (Å²) >= 11 is 5.49. The first-order chi connectivity index (χ1) is 9.97. The van der Waals surface area contributed by atoms with Crippen LogP contribution in [0.25, 0.3) is 0 Å². The fourth-order valence-electron chi connectivity index (χ4n) is 1.71. The van der Waals surface area contributed by atoms with Crippen molar-refractivity contribution in [3.05, 3.63) is 61.1 Å². The summed E-state index contributed by atoms with van der Waals surface area (Å²) in [6.45, 7) is 1.79. The molecule has 2 N–H and O–H groups in total. The average Bonchev–Trinajstić information content (AvgIpc) is 2.43. The number of carbonyl (C=O) groups is 1. The SMILES string of the molecule is Cc1cc(Br)cc(C=NNC(=O)c2cccc(I)c2)c1O. The molecular weight excluding hydrogens is 447 g/mol. The van der Waals surface area contributed by atoms with Gasteiger partial charge in [-0.3, -0.25) is 4.79 Å². The Kier molecular flexibility index (Phi) is 5.35. The van der Waals surface area contributed by atoms with Crippen LogP contribution in [0.2, 0.25) is 0 Å². The predicted molar refractivity (Wildman–Crippen MR) is 94.8 cm³/mol. The van der Waals surface area contributed by atoms with E-state index in [9.17, 15) is 9.90 Å². The van der Waals surface area contributed by atoms with E-state index in [1.54, 1.807) is 31.2 Å². The van der Waals surface area contributed by atoms with Crippen molar-refractivity contribution in [3.63, 3.8) is 0 Å². The molecule has 0 aliphatic rings. The van der Waals surface area contributed by atoms with Crippen molar-refractivity contribution >= 4 is 50.6 Å². The largest absolute Gasteiger partial charge is 0.507 e. The minimum Gasteiger partial charge on any atom is -0.507 e. The summed E-state index contributed by atoms with van der Waals surface area (Å²) in [5.74, 6) is -0.151. The van der Waals surface area contributed by atoms with Gasteiger partial charge in [-0.1, -0.05) is 22.0 Å². The highest BCUT2D eigenvalue weighted by molar-refractivity contribution is 14.1. The fraction of sp³-hybridized carbons (Fsp3) is 0.0667. The van der Waals surface area contributed by atoms with Gasteiger partial charge < -0.3 is 5.11 Å². The molecule has 0 radical (unpaired) electrons. The maximum atomic E-state index is 11.9. The topological polar surface area (TPSA) is 61.7 Å². The van der Waals surface area contributed by atoms with Crippen LogP contribution in [0.4, 0.5) is 0 Å². The lowest BCUT2D eigenvalue weighted by molar-refractivity contribution is 0.0955. The molecular formula is C15H12BrIN2O2. The van der Waals surface area contributed by atoms with Crippen molar-refractivity contribution in [2.45, 2.75) is 6.92 Å². The minimum atomic E-state index is -0.295. The highest BCUT2D eigenvalue weighted by Crippen LogP contribution is 2.25. The number of benzene rings is 2. The molecule has 0 aromatic heterocycles. The number of carbonyl (C=O) groups excluding carboxylic acids is 1. The van der Waals surface area contributed by atoms with Gasteiger partial charge in [0.25, 0.3) is 5.91 Å². The number of halogens is 2. The Hall–Kier alpha value is -1.41. The highest BCUT2D eigenvalue weighted by atomic mass is 127. The Morgan fingerprint density at radius 1 is 1.38 bits per heavy atom. The number of hydrazone groups is 1. The molecule has 4 nitrogen and oxygen atoms in total. The lowest BCUT2D eigenvalue weighted by atomic mass is 10.1. The van der Waals surface area contributed by atoms with Crippen LogP contribution in [0.5, 0.6) is 5.75 Å². The number of hydrogen-bond acceptors (Lipinski definition) is 3. The highest BCUT2D eigenvalue weighted by Gasteiger charge is 2.06. The number of phenols is 1. The molecule has 2 rings (SSSR count). The molecule has 0 fully saturated rings. The van der Waals surface area contributed by atoms with Crippen molar-refractivity contribution in [3.8, 4) is 5.75 Å². The van der Waals surface area contributed by atoms with E-state index in [-0.39, 0.29) is 11.7 Å². The van der Waals surface area contributed by atoms with Crippen LogP contribution < -0.4 is 5.43 Å². The first-order valence-corrected chi connectivity index (χ1v) is 7.92. The zero-order chi connectivity index (χ0) is 15.4. The third-order valence-corrected chi connectivity index (χ3v) is 3.88. The zero-order valence-electron chi connectivity index (χ0n) is 11.1. The predicted octanol–water partition coefficient (Wildman–Crippen LogP) is 3.83. The quantitative estimate of drug-likeness (QED) is 0.417. The summed E-state index contributed by atoms with van der Waals surface area (Å²) in [4.78, 5) is 11.9. The van der Waals surface area contributed by atoms with Gasteiger partial charge in [-0.25, -0.2) is 5.43 Å². The molecule has 0 atom stereocenters. The second-order valence-corrected chi connectivity index (χ2v) is 6.53. The van der Waals surface area contributed by atoms with Crippen LogP contribution in [0.3, 0.4) is 0 Å². The van der Waals surface area contributed by atoms with Crippen molar-refractivity contribution in [1.29, 1.82) is 0 Å². The van der Waals surface area contributed by atoms with Crippen LogP contribution >= 0.6 is 38.5 Å². The first kappa shape index (κ1) is 16.0. The van der Waals surface area contributed by atoms with Gasteiger partial charge in [0.2, 0.25) is 0 Å². The van der Waals surface area contributed by atoms with Crippen molar-refractivity contribution in [2.24, 2.45) is 5.10 Å². The lowest BCUT2D eigenvalue weighted by Gasteiger charge is -2.04. The number of rotatable bonds is 3. The second-order valence-electron chi connectivity index (χ2n) is 4.37. The third-order valence-electron chi connectivity index (χ3n) is 2.75. The summed E-state index contributed by atoms with van der Waals surface area (Å²) in [5, 5.41) is 13.8. The van der Waals surface area contributed by atoms with E-state index in [2.05, 4.69) is 49.0 Å². The van der Waals surface area contributed by atoms with E-state index < -0.39 is 0 Å². The van der Waals surface area contributed by atoms with E-state index in [0.29, 0.717) is 11.1 Å². The summed E-state index contributed by atoms with van der Waals surface area (Å²) in [7, 11) is 0. The van der Waals surface area contributed by atoms with Crippen molar-refractivity contribution in [1.82, 2.24) is 5.43 Å². The fourth-order valence-corrected chi connectivity index (χ4v) is 2.85. The van der Waals surface area contributed by atoms with Gasteiger partial charge in [0.15, 0.2) is 0 Å². The average molecular weight is 459 g/mol. The van der Waals surface area contributed by atoms with E-state index in [4.69, 9.17) is 0 Å². The third kappa shape index (κ3) is 4.28. The van der Waals surface area contributed by atoms with Gasteiger partial charge in [-0.15, -0.1) is 0 Å². The van der Waals surface area contributed by atoms with Crippen LogP contribution in [0, 0.1) is 10.5 Å². The molecule has 21 heavy (non-hydrogen) atoms. The van der Waals surface area contributed by atoms with Crippen LogP contribution in [0.15, 0.2) is 46.0 Å². The maximum Gasteiger partial charge on any atom is 0.271 e. The normalized spacial score (nSPS) is 10.8. The molecule has 1 amide bonds. The van der Waals surface area contributed by atoms with Crippen LogP contribution in [0.1, 0.15) is 21.5 Å². The van der Waals surface area contributed by atoms with Crippen LogP contribution in [-0.2, 0) is 0 Å². The summed E-state index contributed by atoms with van der Waals surface area (Å²) in [6, 6.07) is 10.7. The lowest BCUT2D eigenvalue weighted by Crippen LogP contribution is -2.17. The number of amides is 1. The standard InChI is InChI=1S/C15H12BrIN2O2/c1-9-5-12(16)6-11(14(9)20)8-18-19-15(21)10-3-2-4-13(17)7-10/h2-8,20H,1H3,(H,19,21). The molecule has 2 aromatic carbocycles. The van der Waals surface area contributed by atoms with E-state index in [1.165, 1.54) is 6.21 Å². The summed E-state index contributed by atoms with van der Waals surface area (Å²) in [5.41, 5.74) is 4.24.